The van der Waals surface area contributed by atoms with Gasteiger partial charge in [0.15, 0.2) is 0 Å². The van der Waals surface area contributed by atoms with Crippen molar-refractivity contribution in [2.45, 2.75) is 37.1 Å². The number of piperidine rings is 1. The van der Waals surface area contributed by atoms with E-state index in [1.165, 1.54) is 18.2 Å². The highest BCUT2D eigenvalue weighted by Crippen LogP contribution is 2.42. The number of β-amino-alcohol motifs (C(OH)–C–C–N with tert-alkyl or cyclic N) is 1. The molecule has 0 saturated carbocycles. The van der Waals surface area contributed by atoms with E-state index in [1.54, 1.807) is 6.07 Å². The van der Waals surface area contributed by atoms with Gasteiger partial charge in [0.05, 0.1) is 6.26 Å². The largest absolute Gasteiger partial charge is 0.489 e. The number of ether oxygens (including phenoxy) is 2. The number of halogens is 4. The average Bonchev–Trinajstić information content (AvgIpc) is 3.15. The summed E-state index contributed by atoms with van der Waals surface area (Å²) < 4.78 is 74.7. The maximum absolute atomic E-state index is 13.1. The molecule has 37 heavy (non-hydrogen) atoms. The van der Waals surface area contributed by atoms with Crippen LogP contribution in [0.5, 0.6) is 11.5 Å². The van der Waals surface area contributed by atoms with E-state index in [2.05, 4.69) is 0 Å². The highest BCUT2D eigenvalue weighted by molar-refractivity contribution is 7.92. The van der Waals surface area contributed by atoms with Crippen molar-refractivity contribution in [3.8, 4) is 11.5 Å². The number of para-hydroxylation sites is 2. The van der Waals surface area contributed by atoms with E-state index in [0.29, 0.717) is 24.4 Å². The molecule has 2 aliphatic heterocycles. The molecule has 0 aliphatic carbocycles. The molecule has 0 radical (unpaired) electrons. The van der Waals surface area contributed by atoms with Crippen LogP contribution >= 0.6 is 11.6 Å². The Balaban J connectivity index is 1.35. The van der Waals surface area contributed by atoms with Crippen LogP contribution in [-0.2, 0) is 21.2 Å². The van der Waals surface area contributed by atoms with Gasteiger partial charge in [-0.3, -0.25) is 4.79 Å². The summed E-state index contributed by atoms with van der Waals surface area (Å²) in [6.07, 6.45) is -3.72. The molecule has 1 amide bonds. The molecule has 2 heterocycles. The van der Waals surface area contributed by atoms with E-state index in [4.69, 9.17) is 21.1 Å². The number of amides is 1. The van der Waals surface area contributed by atoms with E-state index in [0.717, 1.165) is 36.6 Å². The Morgan fingerprint density at radius 2 is 1.92 bits per heavy atom. The third-order valence-electron chi connectivity index (χ3n) is 6.37. The minimum atomic E-state index is -5.42. The first-order chi connectivity index (χ1) is 17.3. The second kappa shape index (κ2) is 10.3. The molecular weight excluding hydrogens is 537 g/mol. The minimum Gasteiger partial charge on any atom is -0.489 e. The normalized spacial score (nSPS) is 18.2. The van der Waals surface area contributed by atoms with Crippen molar-refractivity contribution >= 4 is 33.2 Å². The molecular formula is C24H26ClF3N2O6S. The van der Waals surface area contributed by atoms with Crippen molar-refractivity contribution in [1.82, 2.24) is 4.90 Å². The first kappa shape index (κ1) is 27.5. The fourth-order valence-corrected chi connectivity index (χ4v) is 5.77. The van der Waals surface area contributed by atoms with Crippen LogP contribution in [-0.4, -0.2) is 74.7 Å². The second-order valence-electron chi connectivity index (χ2n) is 9.28. The van der Waals surface area contributed by atoms with Gasteiger partial charge in [-0.1, -0.05) is 23.7 Å². The van der Waals surface area contributed by atoms with Crippen LogP contribution < -0.4 is 13.8 Å². The third-order valence-corrected chi connectivity index (χ3v) is 7.63. The first-order valence-corrected chi connectivity index (χ1v) is 13.7. The van der Waals surface area contributed by atoms with Crippen LogP contribution in [0.1, 0.15) is 18.4 Å². The molecule has 1 N–H and O–H groups in total. The number of fused-ring (bicyclic) bond motifs is 1. The molecule has 2 aliphatic rings. The lowest BCUT2D eigenvalue weighted by Crippen LogP contribution is -2.49. The number of benzene rings is 2. The van der Waals surface area contributed by atoms with Gasteiger partial charge in [0.1, 0.15) is 35.5 Å². The molecule has 1 saturated heterocycles. The molecule has 0 unspecified atom stereocenters. The number of likely N-dealkylation sites (tertiary alicyclic amines) is 1. The highest BCUT2D eigenvalue weighted by atomic mass is 35.5. The fraction of sp³-hybridized carbons (Fsp3) is 0.458. The molecule has 0 aromatic heterocycles. The summed E-state index contributed by atoms with van der Waals surface area (Å²) in [5.41, 5.74) is 0.169. The molecule has 13 heteroatoms. The summed E-state index contributed by atoms with van der Waals surface area (Å²) in [6, 6.07) is 10.5. The van der Waals surface area contributed by atoms with Crippen molar-refractivity contribution in [2.24, 2.45) is 0 Å². The van der Waals surface area contributed by atoms with Crippen LogP contribution in [0.3, 0.4) is 0 Å². The number of aliphatic hydroxyl groups is 1. The zero-order valence-electron chi connectivity index (χ0n) is 19.9. The van der Waals surface area contributed by atoms with Crippen molar-refractivity contribution in [2.75, 3.05) is 36.8 Å². The van der Waals surface area contributed by atoms with Gasteiger partial charge in [-0.15, -0.1) is 0 Å². The maximum Gasteiger partial charge on any atom is 0.472 e. The Bertz CT molecular complexity index is 1270. The first-order valence-electron chi connectivity index (χ1n) is 11.5. The molecule has 1 fully saturated rings. The summed E-state index contributed by atoms with van der Waals surface area (Å²) in [7, 11) is -4.62. The predicted octanol–water partition coefficient (Wildman–Crippen LogP) is 3.40. The number of aliphatic hydroxyl groups excluding tert-OH is 1. The van der Waals surface area contributed by atoms with E-state index in [9.17, 15) is 31.5 Å². The van der Waals surface area contributed by atoms with Gasteiger partial charge in [-0.2, -0.15) is 17.5 Å². The van der Waals surface area contributed by atoms with Crippen LogP contribution in [0.2, 0.25) is 5.02 Å². The van der Waals surface area contributed by atoms with Gasteiger partial charge in [-0.25, -0.2) is 8.42 Å². The summed E-state index contributed by atoms with van der Waals surface area (Å²) in [5.74, 6) is -2.01. The maximum atomic E-state index is 13.1. The highest BCUT2D eigenvalue weighted by Gasteiger charge is 2.47. The van der Waals surface area contributed by atoms with Gasteiger partial charge < -0.3 is 19.5 Å². The van der Waals surface area contributed by atoms with E-state index in [-0.39, 0.29) is 28.8 Å². The van der Waals surface area contributed by atoms with Gasteiger partial charge in [0, 0.05) is 43.9 Å². The van der Waals surface area contributed by atoms with E-state index < -0.39 is 33.9 Å². The third kappa shape index (κ3) is 6.31. The Kier molecular flexibility index (Phi) is 7.67. The topological polar surface area (TPSA) is 96.4 Å². The van der Waals surface area contributed by atoms with Crippen LogP contribution in [0.4, 0.5) is 18.9 Å². The molecule has 1 atom stereocenters. The Morgan fingerprint density at radius 3 is 2.57 bits per heavy atom. The Labute approximate surface area is 217 Å². The second-order valence-corrected chi connectivity index (χ2v) is 11.5. The van der Waals surface area contributed by atoms with Gasteiger partial charge in [0.25, 0.3) is 0 Å². The number of nitrogens with zero attached hydrogens (tertiary/aromatic N) is 2. The van der Waals surface area contributed by atoms with Gasteiger partial charge >= 0.3 is 12.1 Å². The number of carbonyl (C=O) groups is 1. The van der Waals surface area contributed by atoms with Crippen LogP contribution in [0, 0.1) is 0 Å². The number of rotatable bonds is 7. The lowest BCUT2D eigenvalue weighted by molar-refractivity contribution is -0.169. The minimum absolute atomic E-state index is 0.230. The van der Waals surface area contributed by atoms with Crippen molar-refractivity contribution in [3.63, 3.8) is 0 Å². The molecule has 1 spiro atoms. The average molecular weight is 563 g/mol. The summed E-state index contributed by atoms with van der Waals surface area (Å²) in [4.78, 5) is 13.9. The van der Waals surface area contributed by atoms with E-state index >= 15 is 0 Å². The molecule has 202 valence electrons. The number of carbonyl (C=O) groups excluding carboxylic acids is 1. The molecule has 8 nitrogen and oxygen atoms in total. The van der Waals surface area contributed by atoms with E-state index in [1.807, 2.05) is 17.0 Å². The molecule has 2 aromatic carbocycles. The van der Waals surface area contributed by atoms with Crippen molar-refractivity contribution < 1.29 is 41.0 Å². The Hall–Kier alpha value is -2.54. The number of sulfonamides is 1. The number of alkyl halides is 3. The van der Waals surface area contributed by atoms with Crippen LogP contribution in [0.25, 0.3) is 0 Å². The zero-order chi connectivity index (χ0) is 27.0. The van der Waals surface area contributed by atoms with Gasteiger partial charge in [-0.05, 0) is 35.9 Å². The lowest BCUT2D eigenvalue weighted by atomic mass is 9.87. The zero-order valence-corrected chi connectivity index (χ0v) is 21.4. The molecule has 2 aromatic rings. The van der Waals surface area contributed by atoms with Gasteiger partial charge in [0.2, 0.25) is 10.0 Å². The standard InChI is InChI=1S/C24H26ClF3N2O6S/c1-37(33,34)30(22(32)24(26,27)28)19-4-2-3-5-21(19)35-15-18(31)14-29-10-8-23(9-11-29)13-16-12-17(25)6-7-20(16)36-23/h2-7,12,18,31H,8-11,13-15H2,1H3/t18-/m1/s1. The molecule has 0 bridgehead atoms. The summed E-state index contributed by atoms with van der Waals surface area (Å²) in [5, 5.41) is 11.2. The monoisotopic (exact) mass is 562 g/mol. The van der Waals surface area contributed by atoms with Crippen molar-refractivity contribution in [3.05, 3.63) is 53.1 Å². The number of anilines is 1. The predicted molar refractivity (Wildman–Crippen MR) is 131 cm³/mol. The fourth-order valence-electron chi connectivity index (χ4n) is 4.66. The lowest BCUT2D eigenvalue weighted by Gasteiger charge is -2.39. The van der Waals surface area contributed by atoms with Crippen molar-refractivity contribution in [1.29, 1.82) is 0 Å². The summed E-state index contributed by atoms with van der Waals surface area (Å²) in [6.45, 7) is 1.21. The molecule has 4 rings (SSSR count). The SMILES string of the molecule is CS(=O)(=O)N(C(=O)C(F)(F)F)c1ccccc1OC[C@H](O)CN1CCC2(CC1)Cc1cc(Cl)ccc1O2. The quantitative estimate of drug-likeness (QED) is 0.552. The smallest absolute Gasteiger partial charge is 0.472 e. The number of hydrogen-bond acceptors (Lipinski definition) is 7. The number of hydrogen-bond donors (Lipinski definition) is 1. The Morgan fingerprint density at radius 1 is 1.24 bits per heavy atom. The van der Waals surface area contributed by atoms with Crippen LogP contribution in [0.15, 0.2) is 42.5 Å². The summed E-state index contributed by atoms with van der Waals surface area (Å²) >= 11 is 6.09.